The number of thiophene rings is 1. The Hall–Kier alpha value is -4.10. The molecular weight excluding hydrogens is 540 g/mol. The molecule has 0 aliphatic rings. The first kappa shape index (κ1) is 26.9. The van der Waals surface area contributed by atoms with E-state index in [1.807, 2.05) is 24.3 Å². The lowest BCUT2D eigenvalue weighted by molar-refractivity contribution is -0.113. The maximum atomic E-state index is 12.8. The highest BCUT2D eigenvalue weighted by atomic mass is 35.5. The van der Waals surface area contributed by atoms with Crippen molar-refractivity contribution in [2.75, 3.05) is 21.7 Å². The van der Waals surface area contributed by atoms with Crippen LogP contribution in [0.4, 0.5) is 16.4 Å². The Kier molecular flexibility index (Phi) is 8.81. The second-order valence-corrected chi connectivity index (χ2v) is 10.5. The summed E-state index contributed by atoms with van der Waals surface area (Å²) in [7, 11) is 0. The van der Waals surface area contributed by atoms with Crippen LogP contribution in [-0.4, -0.2) is 23.5 Å². The molecule has 3 N–H and O–H groups in total. The third kappa shape index (κ3) is 6.81. The van der Waals surface area contributed by atoms with Crippen LogP contribution in [-0.2, 0) is 4.79 Å². The Morgan fingerprint density at radius 2 is 1.61 bits per heavy atom. The Morgan fingerprint density at radius 3 is 2.34 bits per heavy atom. The third-order valence-electron chi connectivity index (χ3n) is 5.30. The average molecular weight is 561 g/mol. The van der Waals surface area contributed by atoms with Crippen molar-refractivity contribution in [2.45, 2.75) is 11.8 Å². The maximum Gasteiger partial charge on any atom is 0.266 e. The van der Waals surface area contributed by atoms with Crippen LogP contribution in [0.3, 0.4) is 0 Å². The number of para-hydroxylation sites is 1. The normalized spacial score (nSPS) is 10.3. The fourth-order valence-corrected chi connectivity index (χ4v) is 5.48. The fraction of sp³-hybridized carbons (Fsp3) is 0.0714. The molecule has 0 fully saturated rings. The average Bonchev–Trinajstić information content (AvgIpc) is 3.22. The zero-order chi connectivity index (χ0) is 27.1. The number of rotatable bonds is 8. The summed E-state index contributed by atoms with van der Waals surface area (Å²) in [6.07, 6.45) is 0. The summed E-state index contributed by atoms with van der Waals surface area (Å²) in [5, 5.41) is 18.8. The van der Waals surface area contributed by atoms with Crippen LogP contribution < -0.4 is 16.0 Å². The fourth-order valence-electron chi connectivity index (χ4n) is 3.47. The number of nitriles is 1. The Bertz CT molecular complexity index is 1550. The molecule has 190 valence electrons. The number of carbonyl (C=O) groups is 3. The molecule has 0 saturated heterocycles. The van der Waals surface area contributed by atoms with Crippen molar-refractivity contribution < 1.29 is 14.4 Å². The van der Waals surface area contributed by atoms with Gasteiger partial charge in [-0.05, 0) is 61.0 Å². The molecule has 3 amide bonds. The van der Waals surface area contributed by atoms with Gasteiger partial charge in [0, 0.05) is 26.9 Å². The van der Waals surface area contributed by atoms with E-state index in [4.69, 9.17) is 11.6 Å². The molecule has 0 aliphatic carbocycles. The van der Waals surface area contributed by atoms with Crippen LogP contribution in [0.15, 0.2) is 83.8 Å². The molecular formula is C28H21ClN4O3S2. The SMILES string of the molecule is Cc1c(C(=O)Nc2ccccc2)sc(NC(=O)CSc2cccc(NC(=O)c3cccc(Cl)c3)c2)c1C#N. The number of halogens is 1. The molecule has 10 heteroatoms. The smallest absolute Gasteiger partial charge is 0.266 e. The van der Waals surface area contributed by atoms with Gasteiger partial charge in [-0.25, -0.2) is 0 Å². The van der Waals surface area contributed by atoms with Gasteiger partial charge in [-0.15, -0.1) is 23.1 Å². The van der Waals surface area contributed by atoms with E-state index >= 15 is 0 Å². The van der Waals surface area contributed by atoms with Crippen molar-refractivity contribution >= 4 is 68.8 Å². The van der Waals surface area contributed by atoms with E-state index in [1.165, 1.54) is 11.8 Å². The highest BCUT2D eigenvalue weighted by Gasteiger charge is 2.21. The predicted molar refractivity (Wildman–Crippen MR) is 153 cm³/mol. The Balaban J connectivity index is 1.38. The number of nitrogens with zero attached hydrogens (tertiary/aromatic N) is 1. The minimum atomic E-state index is -0.346. The van der Waals surface area contributed by atoms with Gasteiger partial charge in [0.05, 0.1) is 16.2 Å². The molecule has 0 bridgehead atoms. The van der Waals surface area contributed by atoms with Gasteiger partial charge in [0.2, 0.25) is 5.91 Å². The quantitative estimate of drug-likeness (QED) is 0.205. The van der Waals surface area contributed by atoms with Crippen molar-refractivity contribution in [3.8, 4) is 6.07 Å². The Labute approximate surface area is 232 Å². The molecule has 0 saturated carbocycles. The molecule has 3 aromatic carbocycles. The van der Waals surface area contributed by atoms with Gasteiger partial charge in [-0.3, -0.25) is 14.4 Å². The second-order valence-electron chi connectivity index (χ2n) is 8.02. The number of benzene rings is 3. The summed E-state index contributed by atoms with van der Waals surface area (Å²) in [6.45, 7) is 1.68. The zero-order valence-corrected chi connectivity index (χ0v) is 22.5. The summed E-state index contributed by atoms with van der Waals surface area (Å²) in [5.74, 6) is -0.895. The number of amides is 3. The molecule has 0 spiro atoms. The molecule has 0 radical (unpaired) electrons. The van der Waals surface area contributed by atoms with E-state index in [1.54, 1.807) is 61.5 Å². The molecule has 0 aliphatic heterocycles. The summed E-state index contributed by atoms with van der Waals surface area (Å²) in [5.41, 5.74) is 2.42. The van der Waals surface area contributed by atoms with E-state index in [-0.39, 0.29) is 29.0 Å². The molecule has 4 aromatic rings. The van der Waals surface area contributed by atoms with E-state index in [0.717, 1.165) is 16.2 Å². The predicted octanol–water partition coefficient (Wildman–Crippen LogP) is 6.82. The molecule has 1 heterocycles. The molecule has 0 atom stereocenters. The lowest BCUT2D eigenvalue weighted by Crippen LogP contribution is -2.14. The van der Waals surface area contributed by atoms with Crippen LogP contribution in [0, 0.1) is 18.3 Å². The topological polar surface area (TPSA) is 111 Å². The van der Waals surface area contributed by atoms with Crippen LogP contribution >= 0.6 is 34.7 Å². The summed E-state index contributed by atoms with van der Waals surface area (Å²) in [4.78, 5) is 39.1. The van der Waals surface area contributed by atoms with E-state index in [2.05, 4.69) is 22.0 Å². The van der Waals surface area contributed by atoms with Crippen LogP contribution in [0.5, 0.6) is 0 Å². The standard InChI is InChI=1S/C28H21ClN4O3S2/c1-17-23(15-30)28(38-25(17)27(36)31-20-9-3-2-4-10-20)33-24(34)16-37-22-12-6-11-21(14-22)32-26(35)18-7-5-8-19(29)13-18/h2-14H,16H2,1H3,(H,31,36)(H,32,35)(H,33,34). The van der Waals surface area contributed by atoms with Crippen molar-refractivity contribution in [1.29, 1.82) is 5.26 Å². The van der Waals surface area contributed by atoms with E-state index in [0.29, 0.717) is 37.4 Å². The van der Waals surface area contributed by atoms with Gasteiger partial charge in [0.15, 0.2) is 0 Å². The lowest BCUT2D eigenvalue weighted by Gasteiger charge is -2.08. The minimum absolute atomic E-state index is 0.0685. The highest BCUT2D eigenvalue weighted by molar-refractivity contribution is 8.00. The van der Waals surface area contributed by atoms with Crippen LogP contribution in [0.2, 0.25) is 5.02 Å². The highest BCUT2D eigenvalue weighted by Crippen LogP contribution is 2.33. The summed E-state index contributed by atoms with van der Waals surface area (Å²) in [6, 6.07) is 24.9. The number of thioether (sulfide) groups is 1. The molecule has 0 unspecified atom stereocenters. The number of nitrogens with one attached hydrogen (secondary N) is 3. The second kappa shape index (κ2) is 12.4. The zero-order valence-electron chi connectivity index (χ0n) is 20.1. The first-order valence-electron chi connectivity index (χ1n) is 11.3. The van der Waals surface area contributed by atoms with Crippen molar-refractivity contribution in [3.05, 3.63) is 105 Å². The first-order valence-corrected chi connectivity index (χ1v) is 13.5. The number of carbonyl (C=O) groups excluding carboxylic acids is 3. The third-order valence-corrected chi connectivity index (χ3v) is 7.73. The molecule has 4 rings (SSSR count). The van der Waals surface area contributed by atoms with Crippen LogP contribution in [0.1, 0.15) is 31.2 Å². The van der Waals surface area contributed by atoms with Crippen molar-refractivity contribution in [3.63, 3.8) is 0 Å². The van der Waals surface area contributed by atoms with E-state index in [9.17, 15) is 19.6 Å². The first-order chi connectivity index (χ1) is 18.3. The van der Waals surface area contributed by atoms with Gasteiger partial charge in [0.1, 0.15) is 11.1 Å². The molecule has 1 aromatic heterocycles. The molecule has 38 heavy (non-hydrogen) atoms. The monoisotopic (exact) mass is 560 g/mol. The number of hydrogen-bond acceptors (Lipinski definition) is 6. The number of hydrogen-bond donors (Lipinski definition) is 3. The van der Waals surface area contributed by atoms with Crippen molar-refractivity contribution in [2.24, 2.45) is 0 Å². The van der Waals surface area contributed by atoms with Gasteiger partial charge in [-0.1, -0.05) is 41.9 Å². The van der Waals surface area contributed by atoms with Gasteiger partial charge in [0.25, 0.3) is 11.8 Å². The maximum absolute atomic E-state index is 12.8. The largest absolute Gasteiger partial charge is 0.322 e. The Morgan fingerprint density at radius 1 is 0.895 bits per heavy atom. The minimum Gasteiger partial charge on any atom is -0.322 e. The van der Waals surface area contributed by atoms with Crippen LogP contribution in [0.25, 0.3) is 0 Å². The lowest BCUT2D eigenvalue weighted by atomic mass is 10.1. The molecule has 7 nitrogen and oxygen atoms in total. The van der Waals surface area contributed by atoms with Gasteiger partial charge in [-0.2, -0.15) is 5.26 Å². The van der Waals surface area contributed by atoms with Crippen molar-refractivity contribution in [1.82, 2.24) is 0 Å². The van der Waals surface area contributed by atoms with Gasteiger partial charge >= 0.3 is 0 Å². The summed E-state index contributed by atoms with van der Waals surface area (Å²) < 4.78 is 0. The number of anilines is 3. The van der Waals surface area contributed by atoms with Gasteiger partial charge < -0.3 is 16.0 Å². The van der Waals surface area contributed by atoms with E-state index < -0.39 is 0 Å². The summed E-state index contributed by atoms with van der Waals surface area (Å²) >= 11 is 8.31.